The third kappa shape index (κ3) is 2.76. The highest BCUT2D eigenvalue weighted by Gasteiger charge is 2.19. The summed E-state index contributed by atoms with van der Waals surface area (Å²) >= 11 is 3.00. The zero-order valence-electron chi connectivity index (χ0n) is 11.4. The van der Waals surface area contributed by atoms with Crippen LogP contribution in [-0.4, -0.2) is 21.0 Å². The Morgan fingerprint density at radius 2 is 2.04 bits per heavy atom. The van der Waals surface area contributed by atoms with Crippen LogP contribution in [0.25, 0.3) is 11.0 Å². The van der Waals surface area contributed by atoms with Crippen molar-refractivity contribution in [2.45, 2.75) is 0 Å². The van der Waals surface area contributed by atoms with Gasteiger partial charge in [0.25, 0.3) is 0 Å². The summed E-state index contributed by atoms with van der Waals surface area (Å²) in [5.74, 6) is -1.50. The van der Waals surface area contributed by atoms with Gasteiger partial charge in [0.05, 0.1) is 15.7 Å². The maximum absolute atomic E-state index is 13.7. The number of imidazole rings is 1. The lowest BCUT2D eigenvalue weighted by molar-refractivity contribution is 0.312. The molecule has 3 rings (SSSR count). The highest BCUT2D eigenvalue weighted by atomic mass is 79.9. The van der Waals surface area contributed by atoms with Crippen LogP contribution in [0.4, 0.5) is 20.4 Å². The van der Waals surface area contributed by atoms with E-state index < -0.39 is 17.5 Å². The number of nitrogen functional groups attached to an aromatic ring is 1. The number of rotatable bonds is 2. The van der Waals surface area contributed by atoms with Gasteiger partial charge in [-0.2, -0.15) is 0 Å². The number of hydroxylamine groups is 1. The van der Waals surface area contributed by atoms with E-state index in [4.69, 9.17) is 11.1 Å². The standard InChI is InChI=1S/C14H10BrF2N5O/c15-9-5-7(1-2-10(9)17)22(23)13(18)8-3-6(16)4-11-12(8)21-14(19)20-11/h1-5,18,23H,(H3,19,20,21). The van der Waals surface area contributed by atoms with Gasteiger partial charge in [0.1, 0.15) is 17.2 Å². The van der Waals surface area contributed by atoms with Crippen LogP contribution < -0.4 is 10.8 Å². The zero-order chi connectivity index (χ0) is 16.7. The molecule has 118 valence electrons. The lowest BCUT2D eigenvalue weighted by Gasteiger charge is -2.18. The molecule has 23 heavy (non-hydrogen) atoms. The summed E-state index contributed by atoms with van der Waals surface area (Å²) < 4.78 is 27.1. The number of hydrogen-bond donors (Lipinski definition) is 4. The lowest BCUT2D eigenvalue weighted by atomic mass is 10.1. The van der Waals surface area contributed by atoms with Crippen molar-refractivity contribution in [2.75, 3.05) is 10.8 Å². The van der Waals surface area contributed by atoms with Crippen molar-refractivity contribution >= 4 is 44.4 Å². The fourth-order valence-electron chi connectivity index (χ4n) is 2.14. The predicted octanol–water partition coefficient (Wildman–Crippen LogP) is 3.41. The molecule has 1 aromatic heterocycles. The number of nitrogens with two attached hydrogens (primary N) is 1. The molecule has 0 aliphatic carbocycles. The Labute approximate surface area is 137 Å². The van der Waals surface area contributed by atoms with Crippen LogP contribution in [0.15, 0.2) is 34.8 Å². The molecule has 5 N–H and O–H groups in total. The topological polar surface area (TPSA) is 102 Å². The number of fused-ring (bicyclic) bond motifs is 1. The number of nitrogens with one attached hydrogen (secondary N) is 2. The van der Waals surface area contributed by atoms with E-state index in [9.17, 15) is 14.0 Å². The number of aromatic amines is 1. The van der Waals surface area contributed by atoms with E-state index in [1.165, 1.54) is 18.2 Å². The van der Waals surface area contributed by atoms with E-state index >= 15 is 0 Å². The highest BCUT2D eigenvalue weighted by Crippen LogP contribution is 2.26. The smallest absolute Gasteiger partial charge is 0.198 e. The number of anilines is 2. The first kappa shape index (κ1) is 15.4. The third-order valence-corrected chi connectivity index (χ3v) is 3.79. The molecule has 6 nitrogen and oxygen atoms in total. The number of hydrogen-bond acceptors (Lipinski definition) is 4. The van der Waals surface area contributed by atoms with Gasteiger partial charge in [-0.1, -0.05) is 0 Å². The molecule has 0 radical (unpaired) electrons. The number of aromatic nitrogens is 2. The van der Waals surface area contributed by atoms with E-state index in [0.717, 1.165) is 12.1 Å². The molecule has 3 aromatic rings. The van der Waals surface area contributed by atoms with Crippen LogP contribution in [0, 0.1) is 17.0 Å². The summed E-state index contributed by atoms with van der Waals surface area (Å²) in [6, 6.07) is 5.95. The summed E-state index contributed by atoms with van der Waals surface area (Å²) in [6.45, 7) is 0. The Hall–Kier alpha value is -2.52. The molecular formula is C14H10BrF2N5O. The van der Waals surface area contributed by atoms with Crippen molar-refractivity contribution in [3.05, 3.63) is 52.0 Å². The molecule has 0 spiro atoms. The first-order chi connectivity index (χ1) is 10.9. The average molecular weight is 382 g/mol. The normalized spacial score (nSPS) is 11.0. The second-order valence-corrected chi connectivity index (χ2v) is 5.58. The van der Waals surface area contributed by atoms with Crippen LogP contribution in [0.1, 0.15) is 5.56 Å². The fourth-order valence-corrected chi connectivity index (χ4v) is 2.51. The molecule has 0 saturated heterocycles. The Morgan fingerprint density at radius 3 is 2.74 bits per heavy atom. The van der Waals surface area contributed by atoms with Crippen LogP contribution in [0.5, 0.6) is 0 Å². The first-order valence-corrected chi connectivity index (χ1v) is 7.14. The average Bonchev–Trinajstić information content (AvgIpc) is 2.87. The van der Waals surface area contributed by atoms with Crippen molar-refractivity contribution in [1.29, 1.82) is 5.41 Å². The SMILES string of the molecule is N=C(c1cc(F)cc2[nH]c(N)nc12)N(O)c1ccc(F)c(Br)c1. The number of H-pyrrole nitrogens is 1. The van der Waals surface area contributed by atoms with Gasteiger partial charge in [-0.05, 0) is 46.3 Å². The van der Waals surface area contributed by atoms with Gasteiger partial charge in [0, 0.05) is 5.56 Å². The number of benzene rings is 2. The highest BCUT2D eigenvalue weighted by molar-refractivity contribution is 9.10. The Bertz CT molecular complexity index is 927. The largest absolute Gasteiger partial charge is 0.369 e. The van der Waals surface area contributed by atoms with Crippen molar-refractivity contribution in [3.63, 3.8) is 0 Å². The molecular weight excluding hydrogens is 372 g/mol. The molecule has 0 aliphatic heterocycles. The van der Waals surface area contributed by atoms with Crippen molar-refractivity contribution in [3.8, 4) is 0 Å². The number of amidine groups is 1. The van der Waals surface area contributed by atoms with Crippen molar-refractivity contribution in [2.24, 2.45) is 0 Å². The van der Waals surface area contributed by atoms with E-state index in [1.54, 1.807) is 0 Å². The van der Waals surface area contributed by atoms with Gasteiger partial charge < -0.3 is 10.7 Å². The molecule has 0 unspecified atom stereocenters. The second kappa shape index (κ2) is 5.60. The lowest BCUT2D eigenvalue weighted by Crippen LogP contribution is -2.27. The summed E-state index contributed by atoms with van der Waals surface area (Å²) in [6.07, 6.45) is 0. The quantitative estimate of drug-likeness (QED) is 0.310. The van der Waals surface area contributed by atoms with Crippen LogP contribution in [0.2, 0.25) is 0 Å². The fraction of sp³-hybridized carbons (Fsp3) is 0. The first-order valence-electron chi connectivity index (χ1n) is 6.34. The maximum Gasteiger partial charge on any atom is 0.198 e. The third-order valence-electron chi connectivity index (χ3n) is 3.18. The Morgan fingerprint density at radius 1 is 1.30 bits per heavy atom. The van der Waals surface area contributed by atoms with E-state index in [-0.39, 0.29) is 27.2 Å². The molecule has 0 atom stereocenters. The molecule has 0 bridgehead atoms. The molecule has 0 saturated carbocycles. The maximum atomic E-state index is 13.7. The minimum absolute atomic E-state index is 0.0379. The molecule has 0 amide bonds. The summed E-state index contributed by atoms with van der Waals surface area (Å²) in [5, 5.41) is 18.8. The number of nitrogens with zero attached hydrogens (tertiary/aromatic N) is 2. The van der Waals surface area contributed by atoms with Crippen LogP contribution >= 0.6 is 15.9 Å². The molecule has 1 heterocycles. The minimum Gasteiger partial charge on any atom is -0.369 e. The van der Waals surface area contributed by atoms with Crippen LogP contribution in [-0.2, 0) is 0 Å². The van der Waals surface area contributed by atoms with E-state index in [0.29, 0.717) is 10.6 Å². The molecule has 0 fully saturated rings. The van der Waals surface area contributed by atoms with E-state index in [1.807, 2.05) is 0 Å². The summed E-state index contributed by atoms with van der Waals surface area (Å²) in [5.41, 5.74) is 6.26. The summed E-state index contributed by atoms with van der Waals surface area (Å²) in [4.78, 5) is 6.65. The monoisotopic (exact) mass is 381 g/mol. The van der Waals surface area contributed by atoms with Crippen molar-refractivity contribution < 1.29 is 14.0 Å². The van der Waals surface area contributed by atoms with Gasteiger partial charge in [-0.3, -0.25) is 10.6 Å². The molecule has 2 aromatic carbocycles. The molecule has 9 heteroatoms. The van der Waals surface area contributed by atoms with Gasteiger partial charge in [0.15, 0.2) is 11.8 Å². The Balaban J connectivity index is 2.07. The van der Waals surface area contributed by atoms with Gasteiger partial charge >= 0.3 is 0 Å². The van der Waals surface area contributed by atoms with Crippen LogP contribution in [0.3, 0.4) is 0 Å². The second-order valence-electron chi connectivity index (χ2n) is 4.73. The predicted molar refractivity (Wildman–Crippen MR) is 85.7 cm³/mol. The van der Waals surface area contributed by atoms with Gasteiger partial charge in [-0.15, -0.1) is 0 Å². The molecule has 0 aliphatic rings. The summed E-state index contributed by atoms with van der Waals surface area (Å²) in [7, 11) is 0. The zero-order valence-corrected chi connectivity index (χ0v) is 13.0. The van der Waals surface area contributed by atoms with Gasteiger partial charge in [-0.25, -0.2) is 18.8 Å². The number of halogens is 3. The van der Waals surface area contributed by atoms with Crippen molar-refractivity contribution in [1.82, 2.24) is 9.97 Å². The van der Waals surface area contributed by atoms with Gasteiger partial charge in [0.2, 0.25) is 0 Å². The Kier molecular flexibility index (Phi) is 3.74. The minimum atomic E-state index is -0.616. The van der Waals surface area contributed by atoms with E-state index in [2.05, 4.69) is 25.9 Å².